The molecule has 1 unspecified atom stereocenters. The lowest BCUT2D eigenvalue weighted by molar-refractivity contribution is 0.0566. The minimum atomic E-state index is -0.279. The molecule has 3 nitrogen and oxygen atoms in total. The molecule has 0 aliphatic carbocycles. The third-order valence-electron chi connectivity index (χ3n) is 4.82. The lowest BCUT2D eigenvalue weighted by Gasteiger charge is -2.12. The van der Waals surface area contributed by atoms with Crippen LogP contribution in [0.1, 0.15) is 57.9 Å². The number of halogens is 1. The number of hydrogen-bond donors (Lipinski definition) is 0. The van der Waals surface area contributed by atoms with Crippen LogP contribution >= 0.6 is 0 Å². The van der Waals surface area contributed by atoms with Crippen LogP contribution in [0.4, 0.5) is 4.39 Å². The Morgan fingerprint density at radius 2 is 2.03 bits per heavy atom. The number of rotatable bonds is 14. The van der Waals surface area contributed by atoms with Gasteiger partial charge in [-0.2, -0.15) is 0 Å². The molecule has 0 aliphatic heterocycles. The zero-order chi connectivity index (χ0) is 21.6. The van der Waals surface area contributed by atoms with Gasteiger partial charge in [-0.25, -0.2) is 4.39 Å². The van der Waals surface area contributed by atoms with Crippen LogP contribution in [0.2, 0.25) is 0 Å². The molecular formula is C26H34FNO2. The second kappa shape index (κ2) is 13.7. The van der Waals surface area contributed by atoms with Gasteiger partial charge in [-0.05, 0) is 62.4 Å². The van der Waals surface area contributed by atoms with Gasteiger partial charge in [0.15, 0.2) is 0 Å². The molecule has 1 aromatic carbocycles. The highest BCUT2D eigenvalue weighted by Crippen LogP contribution is 2.24. The zero-order valence-electron chi connectivity index (χ0n) is 18.3. The number of unbranched alkanes of at least 4 members (excludes halogenated alkanes) is 3. The number of hydrogen-bond acceptors (Lipinski definition) is 3. The fraction of sp³-hybridized carbons (Fsp3) is 0.423. The SMILES string of the molecule is C=CCOc1ccc(-c2ccc(/C=C/CCCC(C)OCCCCC)cc2F)nc1. The van der Waals surface area contributed by atoms with Crippen LogP contribution < -0.4 is 4.74 Å². The highest BCUT2D eigenvalue weighted by atomic mass is 19.1. The van der Waals surface area contributed by atoms with Crippen molar-refractivity contribution in [2.45, 2.75) is 58.5 Å². The Morgan fingerprint density at radius 3 is 2.73 bits per heavy atom. The van der Waals surface area contributed by atoms with Crippen molar-refractivity contribution in [3.05, 3.63) is 66.6 Å². The van der Waals surface area contributed by atoms with Gasteiger partial charge in [-0.15, -0.1) is 0 Å². The van der Waals surface area contributed by atoms with Crippen LogP contribution in [0.15, 0.2) is 55.3 Å². The number of ether oxygens (including phenoxy) is 2. The predicted octanol–water partition coefficient (Wildman–Crippen LogP) is 7.23. The van der Waals surface area contributed by atoms with Crippen LogP contribution in [-0.4, -0.2) is 24.3 Å². The summed E-state index contributed by atoms with van der Waals surface area (Å²) in [5.74, 6) is 0.359. The summed E-state index contributed by atoms with van der Waals surface area (Å²) in [6, 6.07) is 8.78. The second-order valence-electron chi connectivity index (χ2n) is 7.44. The van der Waals surface area contributed by atoms with E-state index < -0.39 is 0 Å². The molecule has 2 aromatic rings. The first kappa shape index (κ1) is 23.8. The third-order valence-corrected chi connectivity index (χ3v) is 4.82. The van der Waals surface area contributed by atoms with Crippen LogP contribution in [0.25, 0.3) is 17.3 Å². The van der Waals surface area contributed by atoms with Gasteiger partial charge in [0.2, 0.25) is 0 Å². The van der Waals surface area contributed by atoms with E-state index >= 15 is 0 Å². The number of allylic oxidation sites excluding steroid dienone is 1. The quantitative estimate of drug-likeness (QED) is 0.243. The average Bonchev–Trinajstić information content (AvgIpc) is 2.75. The molecule has 0 saturated heterocycles. The number of benzene rings is 1. The first-order chi connectivity index (χ1) is 14.6. The molecule has 162 valence electrons. The fourth-order valence-electron chi connectivity index (χ4n) is 3.09. The Bertz CT molecular complexity index is 786. The number of nitrogens with zero attached hydrogens (tertiary/aromatic N) is 1. The Labute approximate surface area is 180 Å². The molecule has 30 heavy (non-hydrogen) atoms. The Hall–Kier alpha value is -2.46. The van der Waals surface area contributed by atoms with Crippen molar-refractivity contribution in [2.24, 2.45) is 0 Å². The summed E-state index contributed by atoms with van der Waals surface area (Å²) in [7, 11) is 0. The largest absolute Gasteiger partial charge is 0.488 e. The Kier molecular flexibility index (Phi) is 10.9. The summed E-state index contributed by atoms with van der Waals surface area (Å²) in [5.41, 5.74) is 1.92. The molecule has 0 fully saturated rings. The van der Waals surface area contributed by atoms with E-state index in [1.165, 1.54) is 12.8 Å². The molecule has 1 atom stereocenters. The first-order valence-corrected chi connectivity index (χ1v) is 10.9. The standard InChI is InChI=1S/C26H34FNO2/c1-4-6-10-18-29-21(3)11-8-7-9-12-22-13-15-24(25(27)19-22)26-16-14-23(20-28-26)30-17-5-2/h5,9,12-16,19-21H,2,4,6-8,10-11,17-18H2,1,3H3/b12-9+. The van der Waals surface area contributed by atoms with E-state index in [9.17, 15) is 4.39 Å². The van der Waals surface area contributed by atoms with Crippen molar-refractivity contribution >= 4 is 6.08 Å². The molecule has 4 heteroatoms. The Balaban J connectivity index is 1.80. The van der Waals surface area contributed by atoms with Gasteiger partial charge >= 0.3 is 0 Å². The van der Waals surface area contributed by atoms with Crippen LogP contribution in [0.5, 0.6) is 5.75 Å². The van der Waals surface area contributed by atoms with E-state index in [4.69, 9.17) is 9.47 Å². The van der Waals surface area contributed by atoms with Crippen LogP contribution in [-0.2, 0) is 4.74 Å². The van der Waals surface area contributed by atoms with E-state index in [1.807, 2.05) is 12.1 Å². The van der Waals surface area contributed by atoms with Crippen molar-refractivity contribution in [1.29, 1.82) is 0 Å². The van der Waals surface area contributed by atoms with Gasteiger partial charge in [0.25, 0.3) is 0 Å². The molecule has 0 bridgehead atoms. The molecule has 0 radical (unpaired) electrons. The van der Waals surface area contributed by atoms with Gasteiger partial charge in [-0.1, -0.05) is 50.6 Å². The molecule has 0 saturated carbocycles. The maximum atomic E-state index is 14.6. The van der Waals surface area contributed by atoms with Crippen molar-refractivity contribution < 1.29 is 13.9 Å². The summed E-state index contributed by atoms with van der Waals surface area (Å²) in [4.78, 5) is 4.30. The lowest BCUT2D eigenvalue weighted by atomic mass is 10.1. The summed E-state index contributed by atoms with van der Waals surface area (Å²) < 4.78 is 25.8. The maximum absolute atomic E-state index is 14.6. The Morgan fingerprint density at radius 1 is 1.17 bits per heavy atom. The highest BCUT2D eigenvalue weighted by Gasteiger charge is 2.07. The zero-order valence-corrected chi connectivity index (χ0v) is 18.3. The van der Waals surface area contributed by atoms with Gasteiger partial charge in [0.05, 0.1) is 18.0 Å². The van der Waals surface area contributed by atoms with E-state index in [1.54, 1.807) is 36.5 Å². The number of pyridine rings is 1. The van der Waals surface area contributed by atoms with Crippen molar-refractivity contribution in [2.75, 3.05) is 13.2 Å². The summed E-state index contributed by atoms with van der Waals surface area (Å²) in [6.45, 7) is 9.22. The highest BCUT2D eigenvalue weighted by molar-refractivity contribution is 5.63. The van der Waals surface area contributed by atoms with Gasteiger partial charge < -0.3 is 9.47 Å². The van der Waals surface area contributed by atoms with Crippen molar-refractivity contribution in [1.82, 2.24) is 4.98 Å². The van der Waals surface area contributed by atoms with E-state index in [-0.39, 0.29) is 5.82 Å². The number of aromatic nitrogens is 1. The van der Waals surface area contributed by atoms with Crippen LogP contribution in [0, 0.1) is 5.82 Å². The van der Waals surface area contributed by atoms with Gasteiger partial charge in [-0.3, -0.25) is 4.98 Å². The van der Waals surface area contributed by atoms with Crippen molar-refractivity contribution in [3.63, 3.8) is 0 Å². The van der Waals surface area contributed by atoms with Gasteiger partial charge in [0.1, 0.15) is 18.2 Å². The topological polar surface area (TPSA) is 31.4 Å². The molecule has 1 aromatic heterocycles. The molecule has 0 amide bonds. The van der Waals surface area contributed by atoms with Crippen LogP contribution in [0.3, 0.4) is 0 Å². The molecule has 0 aliphatic rings. The molecule has 0 N–H and O–H groups in total. The minimum Gasteiger partial charge on any atom is -0.488 e. The normalized spacial score (nSPS) is 12.2. The minimum absolute atomic E-state index is 0.279. The van der Waals surface area contributed by atoms with Crippen molar-refractivity contribution in [3.8, 4) is 17.0 Å². The molecular weight excluding hydrogens is 377 g/mol. The maximum Gasteiger partial charge on any atom is 0.138 e. The fourth-order valence-corrected chi connectivity index (χ4v) is 3.09. The molecule has 2 rings (SSSR count). The van der Waals surface area contributed by atoms with E-state index in [0.29, 0.717) is 29.7 Å². The summed E-state index contributed by atoms with van der Waals surface area (Å²) in [6.07, 6.45) is 14.3. The second-order valence-corrected chi connectivity index (χ2v) is 7.44. The smallest absolute Gasteiger partial charge is 0.138 e. The summed E-state index contributed by atoms with van der Waals surface area (Å²) >= 11 is 0. The van der Waals surface area contributed by atoms with E-state index in [2.05, 4.69) is 31.5 Å². The lowest BCUT2D eigenvalue weighted by Crippen LogP contribution is -2.08. The predicted molar refractivity (Wildman–Crippen MR) is 123 cm³/mol. The van der Waals surface area contributed by atoms with E-state index in [0.717, 1.165) is 37.9 Å². The van der Waals surface area contributed by atoms with Gasteiger partial charge in [0, 0.05) is 12.2 Å². The first-order valence-electron chi connectivity index (χ1n) is 10.9. The molecule has 1 heterocycles. The summed E-state index contributed by atoms with van der Waals surface area (Å²) in [5, 5.41) is 0. The third kappa shape index (κ3) is 8.50. The molecule has 0 spiro atoms. The monoisotopic (exact) mass is 411 g/mol. The average molecular weight is 412 g/mol.